The maximum Gasteiger partial charge on any atom is 0.0992 e. The number of rotatable bonds is 5. The van der Waals surface area contributed by atoms with Gasteiger partial charge in [0.25, 0.3) is 0 Å². The average Bonchev–Trinajstić information content (AvgIpc) is 3.09. The van der Waals surface area contributed by atoms with Crippen molar-refractivity contribution < 1.29 is 0 Å². The van der Waals surface area contributed by atoms with E-state index in [1.165, 1.54) is 10.3 Å². The summed E-state index contributed by atoms with van der Waals surface area (Å²) in [7, 11) is 0. The zero-order chi connectivity index (χ0) is 14.7. The molecular weight excluding hydrogens is 346 g/mol. The van der Waals surface area contributed by atoms with Crippen LogP contribution in [-0.2, 0) is 13.1 Å². The quantitative estimate of drug-likeness (QED) is 0.695. The van der Waals surface area contributed by atoms with Crippen molar-refractivity contribution in [3.63, 3.8) is 0 Å². The summed E-state index contributed by atoms with van der Waals surface area (Å²) < 4.78 is 3.33. The highest BCUT2D eigenvalue weighted by Crippen LogP contribution is 2.19. The molecule has 0 saturated carbocycles. The number of aromatic nitrogens is 1. The normalized spacial score (nSPS) is 10.9. The van der Waals surface area contributed by atoms with E-state index in [0.29, 0.717) is 5.56 Å². The van der Waals surface area contributed by atoms with Crippen LogP contribution in [0, 0.1) is 11.3 Å². The van der Waals surface area contributed by atoms with Crippen LogP contribution in [0.1, 0.15) is 10.4 Å². The third kappa shape index (κ3) is 3.35. The van der Waals surface area contributed by atoms with E-state index in [1.807, 2.05) is 18.2 Å². The fourth-order valence-corrected chi connectivity index (χ4v) is 3.73. The van der Waals surface area contributed by atoms with E-state index in [9.17, 15) is 0 Å². The van der Waals surface area contributed by atoms with E-state index in [1.54, 1.807) is 11.3 Å². The number of nitrogens with one attached hydrogen (secondary N) is 1. The summed E-state index contributed by atoms with van der Waals surface area (Å²) in [5.74, 6) is 0. The second-order valence-corrected chi connectivity index (χ2v) is 6.71. The summed E-state index contributed by atoms with van der Waals surface area (Å²) >= 11 is 5.22. The molecule has 0 aliphatic carbocycles. The molecule has 0 atom stereocenters. The first-order chi connectivity index (χ1) is 10.3. The van der Waals surface area contributed by atoms with Crippen LogP contribution in [0.4, 0.5) is 0 Å². The van der Waals surface area contributed by atoms with Gasteiger partial charge in [0, 0.05) is 46.1 Å². The molecule has 21 heavy (non-hydrogen) atoms. The van der Waals surface area contributed by atoms with Crippen molar-refractivity contribution in [2.45, 2.75) is 13.1 Å². The van der Waals surface area contributed by atoms with Crippen LogP contribution < -0.4 is 5.32 Å². The molecule has 0 aliphatic heterocycles. The molecule has 3 rings (SSSR count). The van der Waals surface area contributed by atoms with E-state index in [0.717, 1.165) is 29.6 Å². The fraction of sp³-hybridized carbons (Fsp3) is 0.188. The highest BCUT2D eigenvalue weighted by Gasteiger charge is 2.02. The van der Waals surface area contributed by atoms with Crippen LogP contribution in [0.15, 0.2) is 46.4 Å². The van der Waals surface area contributed by atoms with Gasteiger partial charge < -0.3 is 9.88 Å². The van der Waals surface area contributed by atoms with Crippen LogP contribution in [0.25, 0.3) is 10.9 Å². The Labute approximate surface area is 135 Å². The first-order valence-corrected chi connectivity index (χ1v) is 8.36. The largest absolute Gasteiger partial charge is 0.346 e. The molecule has 1 N–H and O–H groups in total. The Hall–Kier alpha value is -1.61. The summed E-state index contributed by atoms with van der Waals surface area (Å²) in [5.41, 5.74) is 1.83. The van der Waals surface area contributed by atoms with Crippen molar-refractivity contribution in [2.24, 2.45) is 0 Å². The molecule has 0 bridgehead atoms. The number of hydrogen-bond acceptors (Lipinski definition) is 3. The lowest BCUT2D eigenvalue weighted by molar-refractivity contribution is 0.613. The SMILES string of the molecule is N#Cc1ccc2ccn(CCNCc3cc(Br)cs3)c2c1. The molecule has 0 radical (unpaired) electrons. The summed E-state index contributed by atoms with van der Waals surface area (Å²) in [6.45, 7) is 2.68. The molecule has 3 nitrogen and oxygen atoms in total. The molecule has 106 valence electrons. The maximum absolute atomic E-state index is 8.99. The van der Waals surface area contributed by atoms with Crippen molar-refractivity contribution in [1.29, 1.82) is 5.26 Å². The van der Waals surface area contributed by atoms with Gasteiger partial charge in [-0.05, 0) is 45.6 Å². The standard InChI is InChI=1S/C16H14BrN3S/c17-14-8-15(21-11-14)10-19-4-6-20-5-3-13-2-1-12(9-18)7-16(13)20/h1-3,5,7-8,11,19H,4,6,10H2. The van der Waals surface area contributed by atoms with Crippen molar-refractivity contribution in [2.75, 3.05) is 6.54 Å². The molecule has 0 spiro atoms. The Balaban J connectivity index is 1.61. The number of thiophene rings is 1. The lowest BCUT2D eigenvalue weighted by Gasteiger charge is -2.07. The van der Waals surface area contributed by atoms with Gasteiger partial charge in [-0.15, -0.1) is 11.3 Å². The minimum atomic E-state index is 0.707. The number of nitrogens with zero attached hydrogens (tertiary/aromatic N) is 2. The maximum atomic E-state index is 8.99. The topological polar surface area (TPSA) is 40.8 Å². The van der Waals surface area contributed by atoms with Gasteiger partial charge in [-0.1, -0.05) is 6.07 Å². The van der Waals surface area contributed by atoms with E-state index >= 15 is 0 Å². The Morgan fingerprint density at radius 2 is 2.19 bits per heavy atom. The summed E-state index contributed by atoms with van der Waals surface area (Å²) in [6, 6.07) is 12.2. The van der Waals surface area contributed by atoms with Crippen molar-refractivity contribution in [3.05, 3.63) is 56.8 Å². The lowest BCUT2D eigenvalue weighted by atomic mass is 10.2. The number of halogens is 1. The van der Waals surface area contributed by atoms with Gasteiger partial charge in [-0.3, -0.25) is 0 Å². The lowest BCUT2D eigenvalue weighted by Crippen LogP contribution is -2.18. The van der Waals surface area contributed by atoms with Gasteiger partial charge in [0.15, 0.2) is 0 Å². The third-order valence-corrected chi connectivity index (χ3v) is 5.05. The smallest absolute Gasteiger partial charge is 0.0992 e. The van der Waals surface area contributed by atoms with Crippen LogP contribution in [0.3, 0.4) is 0 Å². The Bertz CT molecular complexity index is 797. The van der Waals surface area contributed by atoms with Gasteiger partial charge in [0.1, 0.15) is 0 Å². The predicted octanol–water partition coefficient (Wildman–Crippen LogP) is 4.13. The second kappa shape index (κ2) is 6.44. The second-order valence-electron chi connectivity index (χ2n) is 4.80. The fourth-order valence-electron chi connectivity index (χ4n) is 2.31. The summed E-state index contributed by atoms with van der Waals surface area (Å²) in [6.07, 6.45) is 2.08. The van der Waals surface area contributed by atoms with Gasteiger partial charge in [-0.2, -0.15) is 5.26 Å². The van der Waals surface area contributed by atoms with Crippen molar-refractivity contribution in [3.8, 4) is 6.07 Å². The predicted molar refractivity (Wildman–Crippen MR) is 90.4 cm³/mol. The molecule has 5 heteroatoms. The van der Waals surface area contributed by atoms with Crippen molar-refractivity contribution >= 4 is 38.2 Å². The first kappa shape index (κ1) is 14.3. The number of benzene rings is 1. The van der Waals surface area contributed by atoms with Crippen LogP contribution >= 0.6 is 27.3 Å². The summed E-state index contributed by atoms with van der Waals surface area (Å²) in [5, 5.41) is 15.7. The minimum absolute atomic E-state index is 0.707. The molecule has 0 saturated heterocycles. The van der Waals surface area contributed by atoms with E-state index in [2.05, 4.69) is 55.6 Å². The van der Waals surface area contributed by atoms with Crippen LogP contribution in [0.2, 0.25) is 0 Å². The molecule has 3 aromatic rings. The van der Waals surface area contributed by atoms with E-state index < -0.39 is 0 Å². The minimum Gasteiger partial charge on any atom is -0.346 e. The molecular formula is C16H14BrN3S. The van der Waals surface area contributed by atoms with Gasteiger partial charge in [-0.25, -0.2) is 0 Å². The number of fused-ring (bicyclic) bond motifs is 1. The van der Waals surface area contributed by atoms with Crippen molar-refractivity contribution in [1.82, 2.24) is 9.88 Å². The molecule has 0 fully saturated rings. The van der Waals surface area contributed by atoms with Gasteiger partial charge in [0.05, 0.1) is 11.6 Å². The Kier molecular flexibility index (Phi) is 4.39. The number of nitriles is 1. The third-order valence-electron chi connectivity index (χ3n) is 3.35. The Morgan fingerprint density at radius 1 is 1.29 bits per heavy atom. The van der Waals surface area contributed by atoms with Crippen LogP contribution in [0.5, 0.6) is 0 Å². The number of hydrogen-bond donors (Lipinski definition) is 1. The van der Waals surface area contributed by atoms with Gasteiger partial charge >= 0.3 is 0 Å². The molecule has 0 amide bonds. The summed E-state index contributed by atoms with van der Waals surface area (Å²) in [4.78, 5) is 1.33. The molecule has 2 aromatic heterocycles. The Morgan fingerprint density at radius 3 is 2.95 bits per heavy atom. The first-order valence-electron chi connectivity index (χ1n) is 6.69. The van der Waals surface area contributed by atoms with E-state index in [4.69, 9.17) is 5.26 Å². The average molecular weight is 360 g/mol. The molecule has 1 aromatic carbocycles. The van der Waals surface area contributed by atoms with Gasteiger partial charge in [0.2, 0.25) is 0 Å². The van der Waals surface area contributed by atoms with E-state index in [-0.39, 0.29) is 0 Å². The highest BCUT2D eigenvalue weighted by atomic mass is 79.9. The van der Waals surface area contributed by atoms with Crippen LogP contribution in [-0.4, -0.2) is 11.1 Å². The zero-order valence-electron chi connectivity index (χ0n) is 11.3. The molecule has 2 heterocycles. The molecule has 0 aliphatic rings. The molecule has 0 unspecified atom stereocenters. The monoisotopic (exact) mass is 359 g/mol. The zero-order valence-corrected chi connectivity index (χ0v) is 13.7. The highest BCUT2D eigenvalue weighted by molar-refractivity contribution is 9.10.